The Hall–Kier alpha value is -5.17. The van der Waals surface area contributed by atoms with Crippen molar-refractivity contribution in [2.45, 2.75) is 18.7 Å². The van der Waals surface area contributed by atoms with Gasteiger partial charge in [0.15, 0.2) is 11.4 Å². The molecular weight excluding hydrogens is 559 g/mol. The van der Waals surface area contributed by atoms with Crippen molar-refractivity contribution in [3.8, 4) is 17.6 Å². The second kappa shape index (κ2) is 11.0. The van der Waals surface area contributed by atoms with E-state index in [1.54, 1.807) is 12.0 Å². The number of aryl methyl sites for hydroxylation is 2. The Morgan fingerprint density at radius 3 is 2.71 bits per heavy atom. The predicted octanol–water partition coefficient (Wildman–Crippen LogP) is 3.74. The number of amides is 2. The molecule has 4 aromatic rings. The number of carbonyl (C=O) groups excluding carboxylic acids is 1. The van der Waals surface area contributed by atoms with E-state index in [9.17, 15) is 28.0 Å². The maximum atomic E-state index is 13.3. The van der Waals surface area contributed by atoms with Crippen LogP contribution in [0.1, 0.15) is 17.5 Å². The van der Waals surface area contributed by atoms with E-state index in [0.29, 0.717) is 25.4 Å². The molecular formula is C26H24F3N9O4. The van der Waals surface area contributed by atoms with Gasteiger partial charge in [-0.15, -0.1) is 0 Å². The zero-order chi connectivity index (χ0) is 30.2. The third-order valence-corrected chi connectivity index (χ3v) is 6.69. The zero-order valence-electron chi connectivity index (χ0n) is 22.6. The highest BCUT2D eigenvalue weighted by molar-refractivity contribution is 5.89. The van der Waals surface area contributed by atoms with E-state index < -0.39 is 17.3 Å². The van der Waals surface area contributed by atoms with Crippen LogP contribution < -0.4 is 20.9 Å². The minimum Gasteiger partial charge on any atom is -0.454 e. The number of ether oxygens (including phenoxy) is 2. The lowest BCUT2D eigenvalue weighted by atomic mass is 10.2. The van der Waals surface area contributed by atoms with E-state index in [-0.39, 0.29) is 57.8 Å². The third-order valence-electron chi connectivity index (χ3n) is 6.69. The molecule has 0 saturated carbocycles. The molecule has 13 nitrogen and oxygen atoms in total. The van der Waals surface area contributed by atoms with Crippen molar-refractivity contribution in [1.82, 2.24) is 29.0 Å². The second-order valence-corrected chi connectivity index (χ2v) is 9.46. The Balaban J connectivity index is 1.41. The molecule has 2 amide bonds. The van der Waals surface area contributed by atoms with Crippen LogP contribution in [-0.4, -0.2) is 61.3 Å². The summed E-state index contributed by atoms with van der Waals surface area (Å²) in [6.07, 6.45) is -0.577. The van der Waals surface area contributed by atoms with Gasteiger partial charge in [0.05, 0.1) is 17.9 Å². The fourth-order valence-corrected chi connectivity index (χ4v) is 4.49. The number of halogens is 3. The van der Waals surface area contributed by atoms with Gasteiger partial charge >= 0.3 is 12.2 Å². The van der Waals surface area contributed by atoms with Gasteiger partial charge in [-0.05, 0) is 18.6 Å². The fraction of sp³-hybridized carbons (Fsp3) is 0.308. The molecule has 0 spiro atoms. The first-order valence-corrected chi connectivity index (χ1v) is 12.5. The SMILES string of the molecule is CO[C@@H]1CCN(C(=O)Nc2cc(Oc3cnc4nc(Nc5cc(C(F)(F)F)cn(C)c5=O)n(C)c4c3C#N)ccn2)C1. The molecule has 0 aliphatic carbocycles. The third kappa shape index (κ3) is 5.54. The Labute approximate surface area is 236 Å². The minimum atomic E-state index is -4.67. The number of pyridine rings is 3. The molecule has 5 heterocycles. The topological polar surface area (TPSA) is 152 Å². The lowest BCUT2D eigenvalue weighted by Gasteiger charge is -2.17. The molecule has 218 valence electrons. The molecule has 0 aromatic carbocycles. The molecule has 16 heteroatoms. The van der Waals surface area contributed by atoms with Crippen LogP contribution >= 0.6 is 0 Å². The van der Waals surface area contributed by atoms with Crippen molar-refractivity contribution in [3.05, 3.63) is 58.3 Å². The van der Waals surface area contributed by atoms with Crippen LogP contribution in [0.3, 0.4) is 0 Å². The van der Waals surface area contributed by atoms with E-state index in [1.807, 2.05) is 6.07 Å². The molecule has 1 aliphatic rings. The van der Waals surface area contributed by atoms with Gasteiger partial charge in [0.2, 0.25) is 5.95 Å². The summed E-state index contributed by atoms with van der Waals surface area (Å²) in [7, 11) is 4.31. The van der Waals surface area contributed by atoms with Crippen LogP contribution in [0, 0.1) is 11.3 Å². The van der Waals surface area contributed by atoms with Crippen LogP contribution in [0.5, 0.6) is 11.5 Å². The monoisotopic (exact) mass is 583 g/mol. The number of hydrogen-bond acceptors (Lipinski definition) is 9. The first kappa shape index (κ1) is 28.4. The van der Waals surface area contributed by atoms with Gasteiger partial charge in [-0.25, -0.2) is 14.8 Å². The summed E-state index contributed by atoms with van der Waals surface area (Å²) in [5.41, 5.74) is -1.76. The number of urea groups is 1. The van der Waals surface area contributed by atoms with E-state index >= 15 is 0 Å². The lowest BCUT2D eigenvalue weighted by molar-refractivity contribution is -0.138. The number of nitriles is 1. The van der Waals surface area contributed by atoms with Gasteiger partial charge in [-0.1, -0.05) is 0 Å². The maximum Gasteiger partial charge on any atom is 0.417 e. The average molecular weight is 584 g/mol. The van der Waals surface area contributed by atoms with Gasteiger partial charge in [-0.3, -0.25) is 10.1 Å². The van der Waals surface area contributed by atoms with Crippen molar-refractivity contribution in [2.75, 3.05) is 30.8 Å². The van der Waals surface area contributed by atoms with E-state index in [1.165, 1.54) is 43.2 Å². The second-order valence-electron chi connectivity index (χ2n) is 9.46. The summed E-state index contributed by atoms with van der Waals surface area (Å²) in [4.78, 5) is 39.4. The lowest BCUT2D eigenvalue weighted by Crippen LogP contribution is -2.34. The van der Waals surface area contributed by atoms with Crippen molar-refractivity contribution < 1.29 is 27.4 Å². The number of nitrogens with zero attached hydrogens (tertiary/aromatic N) is 7. The van der Waals surface area contributed by atoms with Crippen LogP contribution in [0.4, 0.5) is 35.4 Å². The Bertz CT molecular complexity index is 1780. The van der Waals surface area contributed by atoms with Crippen molar-refractivity contribution in [2.24, 2.45) is 14.1 Å². The van der Waals surface area contributed by atoms with Crippen molar-refractivity contribution >= 4 is 34.6 Å². The summed E-state index contributed by atoms with van der Waals surface area (Å²) >= 11 is 0. The molecule has 0 unspecified atom stereocenters. The van der Waals surface area contributed by atoms with Gasteiger partial charge in [0.25, 0.3) is 5.56 Å². The first-order chi connectivity index (χ1) is 20.0. The van der Waals surface area contributed by atoms with Crippen molar-refractivity contribution in [3.63, 3.8) is 0 Å². The van der Waals surface area contributed by atoms with Gasteiger partial charge in [0, 0.05) is 52.8 Å². The summed E-state index contributed by atoms with van der Waals surface area (Å²) < 4.78 is 53.3. The molecule has 0 bridgehead atoms. The minimum absolute atomic E-state index is 0.0193. The molecule has 1 atom stereocenters. The number of alkyl halides is 3. The highest BCUT2D eigenvalue weighted by Gasteiger charge is 2.32. The molecule has 4 aromatic heterocycles. The number of nitrogens with one attached hydrogen (secondary N) is 2. The molecule has 1 aliphatic heterocycles. The summed E-state index contributed by atoms with van der Waals surface area (Å²) in [5, 5.41) is 15.3. The number of anilines is 3. The van der Waals surface area contributed by atoms with Crippen molar-refractivity contribution in [1.29, 1.82) is 5.26 Å². The standard InChI is InChI=1S/C26H24F3N9O4/c1-36-12-14(26(27,28)29)8-18(23(36)39)33-24-35-22-21(37(24)2)17(10-30)19(11-32-22)42-15-4-6-31-20(9-15)34-25(40)38-7-5-16(13-38)41-3/h4,6,8-9,11-12,16H,5,7,13H2,1-3H3,(H,31,34,40)(H,32,33,35)/t16-/m1/s1. The summed E-state index contributed by atoms with van der Waals surface area (Å²) in [6.45, 7) is 1.00. The van der Waals surface area contributed by atoms with Gasteiger partial charge in [-0.2, -0.15) is 23.4 Å². The quantitative estimate of drug-likeness (QED) is 0.346. The van der Waals surface area contributed by atoms with Gasteiger partial charge in [0.1, 0.15) is 34.4 Å². The summed E-state index contributed by atoms with van der Waals surface area (Å²) in [5.74, 6) is 0.511. The number of fused-ring (bicyclic) bond motifs is 1. The normalized spacial score (nSPS) is 15.1. The highest BCUT2D eigenvalue weighted by Crippen LogP contribution is 2.33. The molecule has 0 radical (unpaired) electrons. The fourth-order valence-electron chi connectivity index (χ4n) is 4.49. The number of carbonyl (C=O) groups is 1. The average Bonchev–Trinajstić information content (AvgIpc) is 3.56. The van der Waals surface area contributed by atoms with E-state index in [0.717, 1.165) is 11.0 Å². The van der Waals surface area contributed by atoms with E-state index in [4.69, 9.17) is 9.47 Å². The Kier molecular flexibility index (Phi) is 7.44. The van der Waals surface area contributed by atoms with Gasteiger partial charge < -0.3 is 28.8 Å². The van der Waals surface area contributed by atoms with Crippen LogP contribution in [0.2, 0.25) is 0 Å². The Morgan fingerprint density at radius 1 is 1.24 bits per heavy atom. The highest BCUT2D eigenvalue weighted by atomic mass is 19.4. The van der Waals surface area contributed by atoms with Crippen LogP contribution in [-0.2, 0) is 25.0 Å². The smallest absolute Gasteiger partial charge is 0.417 e. The van der Waals surface area contributed by atoms with E-state index in [2.05, 4.69) is 25.6 Å². The number of rotatable bonds is 6. The largest absolute Gasteiger partial charge is 0.454 e. The maximum absolute atomic E-state index is 13.3. The molecule has 5 rings (SSSR count). The first-order valence-electron chi connectivity index (χ1n) is 12.5. The molecule has 1 fully saturated rings. The molecule has 1 saturated heterocycles. The molecule has 42 heavy (non-hydrogen) atoms. The number of imidazole rings is 1. The number of aromatic nitrogens is 5. The van der Waals surface area contributed by atoms with Crippen LogP contribution in [0.25, 0.3) is 11.2 Å². The predicted molar refractivity (Wildman–Crippen MR) is 144 cm³/mol. The molecule has 2 N–H and O–H groups in total. The number of methoxy groups -OCH3 is 1. The Morgan fingerprint density at radius 2 is 2.02 bits per heavy atom. The number of likely N-dealkylation sites (tertiary alicyclic amines) is 1. The zero-order valence-corrected chi connectivity index (χ0v) is 22.6. The van der Waals surface area contributed by atoms with Crippen LogP contribution in [0.15, 0.2) is 41.6 Å². The number of hydrogen-bond donors (Lipinski definition) is 2. The summed E-state index contributed by atoms with van der Waals surface area (Å²) in [6, 6.07) is 5.40.